The Bertz CT molecular complexity index is 591. The number of rotatable bonds is 6. The van der Waals surface area contributed by atoms with E-state index in [2.05, 4.69) is 81.2 Å². The van der Waals surface area contributed by atoms with Gasteiger partial charge in [0.25, 0.3) is 0 Å². The van der Waals surface area contributed by atoms with Gasteiger partial charge in [0.15, 0.2) is 0 Å². The molecule has 2 heteroatoms. The van der Waals surface area contributed by atoms with Gasteiger partial charge in [-0.1, -0.05) is 36.4 Å². The molecule has 2 nitrogen and oxygen atoms in total. The molecule has 0 heterocycles. The van der Waals surface area contributed by atoms with Gasteiger partial charge in [0.2, 0.25) is 0 Å². The Balaban J connectivity index is 2.06. The lowest BCUT2D eigenvalue weighted by molar-refractivity contribution is 0.827. The third-order valence-corrected chi connectivity index (χ3v) is 4.30. The topological polar surface area (TPSA) is 15.3 Å². The number of likely N-dealkylation sites (N-methyl/N-ethyl adjacent to an activating group) is 1. The molecule has 0 spiro atoms. The first kappa shape index (κ1) is 16.4. The van der Waals surface area contributed by atoms with Gasteiger partial charge in [0.1, 0.15) is 0 Å². The number of hydrogen-bond donors (Lipinski definition) is 1. The van der Waals surface area contributed by atoms with E-state index >= 15 is 0 Å². The van der Waals surface area contributed by atoms with Crippen LogP contribution in [-0.4, -0.2) is 19.6 Å². The Kier molecular flexibility index (Phi) is 5.48. The summed E-state index contributed by atoms with van der Waals surface area (Å²) in [4.78, 5) is 2.46. The molecule has 118 valence electrons. The summed E-state index contributed by atoms with van der Waals surface area (Å²) < 4.78 is 0. The van der Waals surface area contributed by atoms with Gasteiger partial charge >= 0.3 is 0 Å². The fourth-order valence-electron chi connectivity index (χ4n) is 3.14. The van der Waals surface area contributed by atoms with Gasteiger partial charge in [-0.05, 0) is 56.9 Å². The highest BCUT2D eigenvalue weighted by Gasteiger charge is 2.10. The number of anilines is 2. The molecular weight excluding hydrogens is 268 g/mol. The SMILES string of the molecule is CCN(CCNc1c(C)cccc1C)c1c(C)cccc1C. The third kappa shape index (κ3) is 3.62. The molecule has 2 aromatic carbocycles. The smallest absolute Gasteiger partial charge is 0.0426 e. The largest absolute Gasteiger partial charge is 0.383 e. The van der Waals surface area contributed by atoms with Gasteiger partial charge in [-0.2, -0.15) is 0 Å². The van der Waals surface area contributed by atoms with Crippen molar-refractivity contribution in [2.75, 3.05) is 29.9 Å². The molecule has 0 aliphatic heterocycles. The molecule has 2 aromatic rings. The van der Waals surface area contributed by atoms with E-state index in [4.69, 9.17) is 0 Å². The molecule has 0 saturated carbocycles. The zero-order valence-electron chi connectivity index (χ0n) is 14.5. The van der Waals surface area contributed by atoms with Crippen molar-refractivity contribution in [2.45, 2.75) is 34.6 Å². The molecule has 0 fully saturated rings. The van der Waals surface area contributed by atoms with Crippen molar-refractivity contribution >= 4 is 11.4 Å². The summed E-state index contributed by atoms with van der Waals surface area (Å²) in [7, 11) is 0. The first-order valence-corrected chi connectivity index (χ1v) is 8.15. The van der Waals surface area contributed by atoms with Crippen LogP contribution >= 0.6 is 0 Å². The predicted molar refractivity (Wildman–Crippen MR) is 98.2 cm³/mol. The maximum atomic E-state index is 3.61. The molecule has 0 aliphatic rings. The molecule has 0 atom stereocenters. The van der Waals surface area contributed by atoms with Crippen molar-refractivity contribution < 1.29 is 0 Å². The molecular formula is C20H28N2. The number of nitrogens with zero attached hydrogens (tertiary/aromatic N) is 1. The van der Waals surface area contributed by atoms with E-state index in [0.29, 0.717) is 0 Å². The van der Waals surface area contributed by atoms with Gasteiger partial charge in [-0.25, -0.2) is 0 Å². The standard InChI is InChI=1S/C20H28N2/c1-6-22(20-17(4)11-8-12-18(20)5)14-13-21-19-15(2)9-7-10-16(19)3/h7-12,21H,6,13-14H2,1-5H3. The predicted octanol–water partition coefficient (Wildman–Crippen LogP) is 4.86. The summed E-state index contributed by atoms with van der Waals surface area (Å²) in [6.45, 7) is 13.9. The lowest BCUT2D eigenvalue weighted by Gasteiger charge is -2.27. The second-order valence-electron chi connectivity index (χ2n) is 6.01. The summed E-state index contributed by atoms with van der Waals surface area (Å²) in [5.41, 5.74) is 8.00. The fraction of sp³-hybridized carbons (Fsp3) is 0.400. The molecule has 0 unspecified atom stereocenters. The van der Waals surface area contributed by atoms with Gasteiger partial charge in [0, 0.05) is 31.0 Å². The maximum Gasteiger partial charge on any atom is 0.0426 e. The molecule has 0 saturated heterocycles. The van der Waals surface area contributed by atoms with Crippen LogP contribution in [0.2, 0.25) is 0 Å². The lowest BCUT2D eigenvalue weighted by Crippen LogP contribution is -2.30. The molecule has 1 N–H and O–H groups in total. The van der Waals surface area contributed by atoms with Crippen LogP contribution in [-0.2, 0) is 0 Å². The van der Waals surface area contributed by atoms with Gasteiger partial charge in [-0.15, -0.1) is 0 Å². The quantitative estimate of drug-likeness (QED) is 0.819. The molecule has 0 amide bonds. The minimum atomic E-state index is 0.952. The second-order valence-corrected chi connectivity index (χ2v) is 6.01. The van der Waals surface area contributed by atoms with E-state index in [1.807, 2.05) is 0 Å². The Morgan fingerprint density at radius 3 is 1.82 bits per heavy atom. The van der Waals surface area contributed by atoms with Gasteiger partial charge < -0.3 is 10.2 Å². The van der Waals surface area contributed by atoms with Crippen LogP contribution in [0.5, 0.6) is 0 Å². The van der Waals surface area contributed by atoms with Crippen LogP contribution in [0.25, 0.3) is 0 Å². The second kappa shape index (κ2) is 7.35. The molecule has 22 heavy (non-hydrogen) atoms. The summed E-state index contributed by atoms with van der Waals surface area (Å²) in [6, 6.07) is 13.0. The van der Waals surface area contributed by atoms with Crippen LogP contribution < -0.4 is 10.2 Å². The number of benzene rings is 2. The highest BCUT2D eigenvalue weighted by molar-refractivity contribution is 5.60. The minimum absolute atomic E-state index is 0.952. The van der Waals surface area contributed by atoms with Crippen LogP contribution in [0.1, 0.15) is 29.2 Å². The summed E-state index contributed by atoms with van der Waals surface area (Å²) in [5.74, 6) is 0. The monoisotopic (exact) mass is 296 g/mol. The number of para-hydroxylation sites is 2. The van der Waals surface area contributed by atoms with E-state index < -0.39 is 0 Å². The zero-order valence-corrected chi connectivity index (χ0v) is 14.5. The highest BCUT2D eigenvalue weighted by Crippen LogP contribution is 2.24. The van der Waals surface area contributed by atoms with Crippen molar-refractivity contribution in [1.82, 2.24) is 0 Å². The highest BCUT2D eigenvalue weighted by atomic mass is 15.1. The Morgan fingerprint density at radius 1 is 0.818 bits per heavy atom. The third-order valence-electron chi connectivity index (χ3n) is 4.30. The molecule has 0 bridgehead atoms. The van der Waals surface area contributed by atoms with E-state index in [1.54, 1.807) is 0 Å². The van der Waals surface area contributed by atoms with E-state index in [1.165, 1.54) is 33.6 Å². The maximum absolute atomic E-state index is 3.61. The van der Waals surface area contributed by atoms with Crippen LogP contribution in [0.15, 0.2) is 36.4 Å². The Labute approximate surface area is 135 Å². The summed E-state index contributed by atoms with van der Waals surface area (Å²) in [6.07, 6.45) is 0. The first-order chi connectivity index (χ1) is 10.5. The molecule has 0 radical (unpaired) electrons. The van der Waals surface area contributed by atoms with Crippen LogP contribution in [0.3, 0.4) is 0 Å². The molecule has 2 rings (SSSR count). The summed E-state index contributed by atoms with van der Waals surface area (Å²) in [5, 5.41) is 3.61. The van der Waals surface area contributed by atoms with Gasteiger partial charge in [-0.3, -0.25) is 0 Å². The lowest BCUT2D eigenvalue weighted by atomic mass is 10.1. The fourth-order valence-corrected chi connectivity index (χ4v) is 3.14. The van der Waals surface area contributed by atoms with Crippen molar-refractivity contribution in [1.29, 1.82) is 0 Å². The van der Waals surface area contributed by atoms with E-state index in [-0.39, 0.29) is 0 Å². The normalized spacial score (nSPS) is 10.6. The number of aryl methyl sites for hydroxylation is 4. The number of nitrogens with one attached hydrogen (secondary N) is 1. The average Bonchev–Trinajstić information content (AvgIpc) is 2.48. The van der Waals surface area contributed by atoms with Crippen molar-refractivity contribution in [2.24, 2.45) is 0 Å². The first-order valence-electron chi connectivity index (χ1n) is 8.15. The van der Waals surface area contributed by atoms with Crippen LogP contribution in [0.4, 0.5) is 11.4 Å². The Hall–Kier alpha value is -1.96. The van der Waals surface area contributed by atoms with Crippen molar-refractivity contribution in [3.63, 3.8) is 0 Å². The summed E-state index contributed by atoms with van der Waals surface area (Å²) >= 11 is 0. The zero-order chi connectivity index (χ0) is 16.1. The van der Waals surface area contributed by atoms with Crippen molar-refractivity contribution in [3.05, 3.63) is 58.7 Å². The van der Waals surface area contributed by atoms with Crippen molar-refractivity contribution in [3.8, 4) is 0 Å². The number of hydrogen-bond acceptors (Lipinski definition) is 2. The minimum Gasteiger partial charge on any atom is -0.383 e. The Morgan fingerprint density at radius 2 is 1.32 bits per heavy atom. The van der Waals surface area contributed by atoms with E-state index in [0.717, 1.165) is 19.6 Å². The van der Waals surface area contributed by atoms with E-state index in [9.17, 15) is 0 Å². The average molecular weight is 296 g/mol. The molecule has 0 aromatic heterocycles. The molecule has 0 aliphatic carbocycles. The van der Waals surface area contributed by atoms with Crippen LogP contribution in [0, 0.1) is 27.7 Å². The van der Waals surface area contributed by atoms with Gasteiger partial charge in [0.05, 0.1) is 0 Å².